The Balaban J connectivity index is 1.25. The molecule has 148 valence electrons. The van der Waals surface area contributed by atoms with Crippen LogP contribution in [0.5, 0.6) is 0 Å². The molecule has 28 heavy (non-hydrogen) atoms. The van der Waals surface area contributed by atoms with Gasteiger partial charge in [0, 0.05) is 39.3 Å². The summed E-state index contributed by atoms with van der Waals surface area (Å²) in [6.45, 7) is 3.77. The zero-order chi connectivity index (χ0) is 19.3. The Morgan fingerprint density at radius 3 is 2.50 bits per heavy atom. The van der Waals surface area contributed by atoms with E-state index < -0.39 is 0 Å². The Labute approximate surface area is 165 Å². The number of benzene rings is 1. The minimum atomic E-state index is -0.0501. The van der Waals surface area contributed by atoms with Crippen molar-refractivity contribution in [3.05, 3.63) is 53.3 Å². The number of nitrogens with one attached hydrogen (secondary N) is 1. The first-order valence-electron chi connectivity index (χ1n) is 10.1. The number of aromatic nitrogens is 2. The van der Waals surface area contributed by atoms with Crippen molar-refractivity contribution in [2.75, 3.05) is 32.7 Å². The number of rotatable bonds is 4. The number of amides is 3. The third kappa shape index (κ3) is 4.03. The molecular formula is C21H27N5O2. The fourth-order valence-electron chi connectivity index (χ4n) is 3.95. The molecule has 7 nitrogen and oxygen atoms in total. The van der Waals surface area contributed by atoms with Crippen molar-refractivity contribution in [3.8, 4) is 0 Å². The largest absolute Gasteiger partial charge is 0.338 e. The summed E-state index contributed by atoms with van der Waals surface area (Å²) in [5.74, 6) is 0.0484. The topological polar surface area (TPSA) is 70.5 Å². The lowest BCUT2D eigenvalue weighted by atomic mass is 10.1. The molecule has 1 aromatic carbocycles. The van der Waals surface area contributed by atoms with Crippen molar-refractivity contribution in [3.63, 3.8) is 0 Å². The molecule has 2 aliphatic heterocycles. The van der Waals surface area contributed by atoms with Crippen LogP contribution < -0.4 is 5.32 Å². The zero-order valence-corrected chi connectivity index (χ0v) is 16.1. The smallest absolute Gasteiger partial charge is 0.317 e. The molecule has 0 atom stereocenters. The van der Waals surface area contributed by atoms with Gasteiger partial charge in [0.25, 0.3) is 5.91 Å². The lowest BCUT2D eigenvalue weighted by Gasteiger charge is -2.34. The summed E-state index contributed by atoms with van der Waals surface area (Å²) >= 11 is 0. The second-order valence-electron chi connectivity index (χ2n) is 7.43. The van der Waals surface area contributed by atoms with Crippen molar-refractivity contribution in [2.45, 2.75) is 32.2 Å². The standard InChI is InChI=1S/C21H27N5O2/c27-20(18-16-23-26-11-5-4-8-19(18)26)24-12-14-25(15-13-24)21(28)22-10-9-17-6-2-1-3-7-17/h1-3,6-7,16H,4-5,8-15H2,(H,22,28). The van der Waals surface area contributed by atoms with Crippen LogP contribution in [0.25, 0.3) is 0 Å². The molecule has 4 rings (SSSR count). The van der Waals surface area contributed by atoms with Crippen LogP contribution in [0, 0.1) is 0 Å². The predicted octanol–water partition coefficient (Wildman–Crippen LogP) is 1.93. The Hall–Kier alpha value is -2.83. The summed E-state index contributed by atoms with van der Waals surface area (Å²) in [6, 6.07) is 10.1. The average Bonchev–Trinajstić information content (AvgIpc) is 3.18. The molecule has 1 aromatic heterocycles. The minimum Gasteiger partial charge on any atom is -0.338 e. The highest BCUT2D eigenvalue weighted by Crippen LogP contribution is 2.20. The van der Waals surface area contributed by atoms with E-state index in [9.17, 15) is 9.59 Å². The third-order valence-corrected chi connectivity index (χ3v) is 5.60. The first kappa shape index (κ1) is 18.5. The van der Waals surface area contributed by atoms with Gasteiger partial charge in [0.15, 0.2) is 0 Å². The van der Waals surface area contributed by atoms with Crippen molar-refractivity contribution in [2.24, 2.45) is 0 Å². The molecule has 0 saturated carbocycles. The van der Waals surface area contributed by atoms with Crippen molar-refractivity contribution >= 4 is 11.9 Å². The van der Waals surface area contributed by atoms with Gasteiger partial charge in [-0.3, -0.25) is 9.48 Å². The number of nitrogens with zero attached hydrogens (tertiary/aromatic N) is 4. The van der Waals surface area contributed by atoms with Gasteiger partial charge in [-0.15, -0.1) is 0 Å². The fourth-order valence-corrected chi connectivity index (χ4v) is 3.95. The van der Waals surface area contributed by atoms with Gasteiger partial charge in [-0.2, -0.15) is 5.10 Å². The molecule has 1 saturated heterocycles. The molecule has 7 heteroatoms. The molecule has 3 amide bonds. The van der Waals surface area contributed by atoms with Crippen LogP contribution in [-0.4, -0.2) is 64.2 Å². The number of hydrogen-bond acceptors (Lipinski definition) is 3. The Kier molecular flexibility index (Phi) is 5.60. The van der Waals surface area contributed by atoms with Gasteiger partial charge in [0.1, 0.15) is 0 Å². The number of carbonyl (C=O) groups excluding carboxylic acids is 2. The molecular weight excluding hydrogens is 354 g/mol. The second kappa shape index (κ2) is 8.46. The second-order valence-corrected chi connectivity index (χ2v) is 7.43. The van der Waals surface area contributed by atoms with Crippen LogP contribution in [-0.2, 0) is 19.4 Å². The summed E-state index contributed by atoms with van der Waals surface area (Å²) in [5.41, 5.74) is 3.01. The number of carbonyl (C=O) groups is 2. The highest BCUT2D eigenvalue weighted by molar-refractivity contribution is 5.95. The highest BCUT2D eigenvalue weighted by atomic mass is 16.2. The van der Waals surface area contributed by atoms with Crippen molar-refractivity contribution in [1.82, 2.24) is 24.9 Å². The zero-order valence-electron chi connectivity index (χ0n) is 16.1. The molecule has 3 heterocycles. The van der Waals surface area contributed by atoms with Crippen molar-refractivity contribution in [1.29, 1.82) is 0 Å². The van der Waals surface area contributed by atoms with E-state index in [1.54, 1.807) is 11.1 Å². The van der Waals surface area contributed by atoms with Crippen LogP contribution in [0.15, 0.2) is 36.5 Å². The van der Waals surface area contributed by atoms with Gasteiger partial charge in [-0.25, -0.2) is 4.79 Å². The minimum absolute atomic E-state index is 0.0484. The van der Waals surface area contributed by atoms with Crippen molar-refractivity contribution < 1.29 is 9.59 Å². The molecule has 0 unspecified atom stereocenters. The number of piperazine rings is 1. The molecule has 0 radical (unpaired) electrons. The molecule has 1 fully saturated rings. The highest BCUT2D eigenvalue weighted by Gasteiger charge is 2.28. The van der Waals surface area contributed by atoms with E-state index in [1.165, 1.54) is 5.56 Å². The molecule has 2 aliphatic rings. The maximum absolute atomic E-state index is 12.9. The first-order chi connectivity index (χ1) is 13.7. The summed E-state index contributed by atoms with van der Waals surface area (Å²) in [7, 11) is 0. The molecule has 0 aliphatic carbocycles. The Morgan fingerprint density at radius 1 is 0.964 bits per heavy atom. The van der Waals surface area contributed by atoms with Gasteiger partial charge in [-0.05, 0) is 31.2 Å². The van der Waals surface area contributed by atoms with Gasteiger partial charge < -0.3 is 15.1 Å². The predicted molar refractivity (Wildman–Crippen MR) is 106 cm³/mol. The summed E-state index contributed by atoms with van der Waals surface area (Å²) in [6.07, 6.45) is 5.69. The van der Waals surface area contributed by atoms with E-state index in [1.807, 2.05) is 27.8 Å². The normalized spacial score (nSPS) is 16.6. The molecule has 1 N–H and O–H groups in total. The van der Waals surface area contributed by atoms with Crippen LogP contribution in [0.3, 0.4) is 0 Å². The quantitative estimate of drug-likeness (QED) is 0.880. The fraction of sp³-hybridized carbons (Fsp3) is 0.476. The number of fused-ring (bicyclic) bond motifs is 1. The molecule has 2 aromatic rings. The van der Waals surface area contributed by atoms with E-state index in [2.05, 4.69) is 22.5 Å². The van der Waals surface area contributed by atoms with Crippen LogP contribution >= 0.6 is 0 Å². The van der Waals surface area contributed by atoms with Gasteiger partial charge in [0.05, 0.1) is 17.5 Å². The number of aryl methyl sites for hydroxylation is 1. The van der Waals surface area contributed by atoms with Crippen LogP contribution in [0.4, 0.5) is 4.79 Å². The first-order valence-corrected chi connectivity index (χ1v) is 10.1. The Bertz CT molecular complexity index is 825. The SMILES string of the molecule is O=C(NCCc1ccccc1)N1CCN(C(=O)c2cnn3c2CCCC3)CC1. The molecule has 0 bridgehead atoms. The summed E-state index contributed by atoms with van der Waals surface area (Å²) < 4.78 is 1.97. The van der Waals surface area contributed by atoms with E-state index in [4.69, 9.17) is 0 Å². The number of urea groups is 1. The van der Waals surface area contributed by atoms with Crippen LogP contribution in [0.1, 0.15) is 34.5 Å². The lowest BCUT2D eigenvalue weighted by Crippen LogP contribution is -2.53. The van der Waals surface area contributed by atoms with Gasteiger partial charge in [0.2, 0.25) is 0 Å². The summed E-state index contributed by atoms with van der Waals surface area (Å²) in [5, 5.41) is 7.35. The van der Waals surface area contributed by atoms with Gasteiger partial charge >= 0.3 is 6.03 Å². The lowest BCUT2D eigenvalue weighted by molar-refractivity contribution is 0.0663. The monoisotopic (exact) mass is 381 g/mol. The van der Waals surface area contributed by atoms with E-state index in [0.29, 0.717) is 32.7 Å². The molecule has 0 spiro atoms. The third-order valence-electron chi connectivity index (χ3n) is 5.60. The van der Waals surface area contributed by atoms with E-state index >= 15 is 0 Å². The number of hydrogen-bond donors (Lipinski definition) is 1. The maximum atomic E-state index is 12.9. The van der Waals surface area contributed by atoms with Crippen LogP contribution in [0.2, 0.25) is 0 Å². The Morgan fingerprint density at radius 2 is 1.71 bits per heavy atom. The van der Waals surface area contributed by atoms with E-state index in [-0.39, 0.29) is 11.9 Å². The average molecular weight is 381 g/mol. The van der Waals surface area contributed by atoms with Gasteiger partial charge in [-0.1, -0.05) is 30.3 Å². The summed E-state index contributed by atoms with van der Waals surface area (Å²) in [4.78, 5) is 28.9. The maximum Gasteiger partial charge on any atom is 0.317 e. The van der Waals surface area contributed by atoms with E-state index in [0.717, 1.165) is 43.5 Å².